The zero-order valence-corrected chi connectivity index (χ0v) is 12.7. The Morgan fingerprint density at radius 2 is 1.67 bits per heavy atom. The van der Waals surface area contributed by atoms with Crippen molar-refractivity contribution in [2.75, 3.05) is 6.61 Å². The minimum absolute atomic E-state index is 0.645. The Bertz CT molecular complexity index is 304. The molecule has 0 heterocycles. The molecular formula is C12H22OSi2. The number of hydrogen-bond acceptors (Lipinski definition) is 1. The lowest BCUT2D eigenvalue weighted by Crippen LogP contribution is -2.45. The summed E-state index contributed by atoms with van der Waals surface area (Å²) in [6.07, 6.45) is 0. The lowest BCUT2D eigenvalue weighted by Gasteiger charge is -2.22. The Labute approximate surface area is 96.2 Å². The largest absolute Gasteiger partial charge is 0.413 e. The van der Waals surface area contributed by atoms with E-state index in [1.165, 1.54) is 5.19 Å². The van der Waals surface area contributed by atoms with Crippen LogP contribution in [0.3, 0.4) is 0 Å². The second kappa shape index (κ2) is 5.10. The van der Waals surface area contributed by atoms with Crippen molar-refractivity contribution in [2.45, 2.75) is 33.1 Å². The molecule has 0 aliphatic rings. The number of rotatable bonds is 4. The molecular weight excluding hydrogens is 216 g/mol. The van der Waals surface area contributed by atoms with Crippen molar-refractivity contribution in [3.63, 3.8) is 0 Å². The van der Waals surface area contributed by atoms with Crippen molar-refractivity contribution < 1.29 is 4.43 Å². The Morgan fingerprint density at radius 1 is 1.13 bits per heavy atom. The fourth-order valence-electron chi connectivity index (χ4n) is 1.71. The van der Waals surface area contributed by atoms with Crippen LogP contribution in [0, 0.1) is 0 Å². The SMILES string of the molecule is CCO[Si](C)(C)c1ccc([SiH](C)C)cc1. The minimum atomic E-state index is -1.62. The first-order valence-electron chi connectivity index (χ1n) is 5.71. The topological polar surface area (TPSA) is 9.23 Å². The van der Waals surface area contributed by atoms with Crippen LogP contribution in [0.2, 0.25) is 26.2 Å². The Hall–Kier alpha value is -0.386. The van der Waals surface area contributed by atoms with Gasteiger partial charge >= 0.3 is 0 Å². The van der Waals surface area contributed by atoms with E-state index in [1.807, 2.05) is 0 Å². The van der Waals surface area contributed by atoms with Gasteiger partial charge in [0.05, 0.1) is 8.80 Å². The summed E-state index contributed by atoms with van der Waals surface area (Å²) < 4.78 is 5.87. The molecule has 0 aliphatic heterocycles. The Balaban J connectivity index is 2.88. The molecule has 0 aliphatic carbocycles. The monoisotopic (exact) mass is 238 g/mol. The molecule has 1 rings (SSSR count). The molecule has 0 radical (unpaired) electrons. The normalized spacial score (nSPS) is 12.1. The van der Waals surface area contributed by atoms with E-state index < -0.39 is 17.1 Å². The lowest BCUT2D eigenvalue weighted by atomic mass is 10.4. The van der Waals surface area contributed by atoms with Crippen molar-refractivity contribution in [3.05, 3.63) is 24.3 Å². The predicted molar refractivity (Wildman–Crippen MR) is 73.7 cm³/mol. The summed E-state index contributed by atoms with van der Waals surface area (Å²) in [6.45, 7) is 12.1. The molecule has 0 unspecified atom stereocenters. The van der Waals surface area contributed by atoms with E-state index in [0.29, 0.717) is 0 Å². The molecule has 0 amide bonds. The van der Waals surface area contributed by atoms with Crippen molar-refractivity contribution in [1.82, 2.24) is 0 Å². The third-order valence-corrected chi connectivity index (χ3v) is 7.23. The van der Waals surface area contributed by atoms with E-state index in [2.05, 4.69) is 57.4 Å². The minimum Gasteiger partial charge on any atom is -0.413 e. The highest BCUT2D eigenvalue weighted by Crippen LogP contribution is 2.04. The van der Waals surface area contributed by atoms with E-state index in [1.54, 1.807) is 5.19 Å². The van der Waals surface area contributed by atoms with Crippen LogP contribution in [0.1, 0.15) is 6.92 Å². The average molecular weight is 238 g/mol. The molecule has 1 aromatic rings. The Kier molecular flexibility index (Phi) is 4.31. The van der Waals surface area contributed by atoms with E-state index in [9.17, 15) is 0 Å². The van der Waals surface area contributed by atoms with Gasteiger partial charge in [-0.1, -0.05) is 42.5 Å². The molecule has 1 nitrogen and oxygen atoms in total. The van der Waals surface area contributed by atoms with Crippen LogP contribution in [-0.4, -0.2) is 23.7 Å². The van der Waals surface area contributed by atoms with Gasteiger partial charge in [-0.2, -0.15) is 0 Å². The highest BCUT2D eigenvalue weighted by molar-refractivity contribution is 6.84. The molecule has 0 bridgehead atoms. The third-order valence-electron chi connectivity index (χ3n) is 2.78. The number of benzene rings is 1. The molecule has 0 atom stereocenters. The summed E-state index contributed by atoms with van der Waals surface area (Å²) in [7, 11) is -2.27. The predicted octanol–water partition coefficient (Wildman–Crippen LogP) is 1.83. The average Bonchev–Trinajstić information content (AvgIpc) is 2.18. The zero-order valence-electron chi connectivity index (χ0n) is 10.5. The molecule has 0 N–H and O–H groups in total. The lowest BCUT2D eigenvalue weighted by molar-refractivity contribution is 0.339. The first-order chi connectivity index (χ1) is 6.97. The summed E-state index contributed by atoms with van der Waals surface area (Å²) in [5.41, 5.74) is 0. The molecule has 84 valence electrons. The number of hydrogen-bond donors (Lipinski definition) is 0. The van der Waals surface area contributed by atoms with Crippen LogP contribution in [0.4, 0.5) is 0 Å². The zero-order chi connectivity index (χ0) is 11.5. The van der Waals surface area contributed by atoms with Crippen molar-refractivity contribution in [2.24, 2.45) is 0 Å². The summed E-state index contributed by atoms with van der Waals surface area (Å²) in [5, 5.41) is 2.95. The maximum Gasteiger partial charge on any atom is 0.218 e. The molecule has 0 aromatic heterocycles. The van der Waals surface area contributed by atoms with Gasteiger partial charge in [-0.05, 0) is 25.2 Å². The molecule has 0 saturated heterocycles. The van der Waals surface area contributed by atoms with Gasteiger partial charge in [-0.15, -0.1) is 0 Å². The smallest absolute Gasteiger partial charge is 0.218 e. The molecule has 0 saturated carbocycles. The van der Waals surface area contributed by atoms with Crippen LogP contribution in [0.25, 0.3) is 0 Å². The van der Waals surface area contributed by atoms with Gasteiger partial charge in [-0.25, -0.2) is 0 Å². The highest BCUT2D eigenvalue weighted by Gasteiger charge is 2.24. The standard InChI is InChI=1S/C12H22OSi2/c1-6-13-15(4,5)12-9-7-11(8-10-12)14(2)3/h7-10,14H,6H2,1-5H3. The van der Waals surface area contributed by atoms with Crippen LogP contribution < -0.4 is 10.4 Å². The van der Waals surface area contributed by atoms with Gasteiger partial charge in [-0.3, -0.25) is 0 Å². The van der Waals surface area contributed by atoms with E-state index in [-0.39, 0.29) is 0 Å². The molecule has 3 heteroatoms. The summed E-state index contributed by atoms with van der Waals surface area (Å²) >= 11 is 0. The maximum absolute atomic E-state index is 5.87. The molecule has 15 heavy (non-hydrogen) atoms. The van der Waals surface area contributed by atoms with Gasteiger partial charge in [0, 0.05) is 6.61 Å². The van der Waals surface area contributed by atoms with Gasteiger partial charge in [0.1, 0.15) is 0 Å². The Morgan fingerprint density at radius 3 is 2.07 bits per heavy atom. The van der Waals surface area contributed by atoms with Gasteiger partial charge < -0.3 is 4.43 Å². The van der Waals surface area contributed by atoms with Crippen LogP contribution >= 0.6 is 0 Å². The van der Waals surface area contributed by atoms with E-state index in [4.69, 9.17) is 4.43 Å². The second-order valence-electron chi connectivity index (χ2n) is 4.72. The molecule has 0 fully saturated rings. The summed E-state index contributed by atoms with van der Waals surface area (Å²) in [6, 6.07) is 9.12. The van der Waals surface area contributed by atoms with Gasteiger partial charge in [0.15, 0.2) is 0 Å². The van der Waals surface area contributed by atoms with Gasteiger partial charge in [0.25, 0.3) is 0 Å². The first-order valence-corrected chi connectivity index (χ1v) is 11.5. The molecule has 1 aromatic carbocycles. The van der Waals surface area contributed by atoms with Crippen molar-refractivity contribution >= 4 is 27.5 Å². The van der Waals surface area contributed by atoms with Crippen LogP contribution in [-0.2, 0) is 4.43 Å². The quantitative estimate of drug-likeness (QED) is 0.727. The van der Waals surface area contributed by atoms with E-state index >= 15 is 0 Å². The van der Waals surface area contributed by atoms with E-state index in [0.717, 1.165) is 6.61 Å². The second-order valence-corrected chi connectivity index (χ2v) is 11.6. The van der Waals surface area contributed by atoms with Crippen molar-refractivity contribution in [3.8, 4) is 0 Å². The summed E-state index contributed by atoms with van der Waals surface area (Å²) in [4.78, 5) is 0. The summed E-state index contributed by atoms with van der Waals surface area (Å²) in [5.74, 6) is 0. The first kappa shape index (κ1) is 12.7. The highest BCUT2D eigenvalue weighted by atomic mass is 28.4. The van der Waals surface area contributed by atoms with Crippen LogP contribution in [0.15, 0.2) is 24.3 Å². The van der Waals surface area contributed by atoms with Crippen molar-refractivity contribution in [1.29, 1.82) is 0 Å². The fraction of sp³-hybridized carbons (Fsp3) is 0.500. The maximum atomic E-state index is 5.87. The molecule has 0 spiro atoms. The third kappa shape index (κ3) is 3.29. The van der Waals surface area contributed by atoms with Crippen LogP contribution in [0.5, 0.6) is 0 Å². The fourth-order valence-corrected chi connectivity index (χ4v) is 4.53. The van der Waals surface area contributed by atoms with Gasteiger partial charge in [0.2, 0.25) is 8.32 Å².